The van der Waals surface area contributed by atoms with Crippen LogP contribution in [0.15, 0.2) is 55.2 Å². The minimum Gasteiger partial charge on any atom is -0.344 e. The summed E-state index contributed by atoms with van der Waals surface area (Å²) in [4.78, 5) is 19.1. The van der Waals surface area contributed by atoms with Crippen LogP contribution in [0.4, 0.5) is 5.82 Å². The number of aryl methyl sites for hydroxylation is 1. The SMILES string of the molecule is C=C1CCc2cc(/C=C/C(=O)N3CC4C=C(n5cccn5)CC4C3)cnc2N1. The number of allylic oxidation sites excluding steroid dienone is 2. The van der Waals surface area contributed by atoms with Crippen molar-refractivity contribution in [2.45, 2.75) is 19.3 Å². The second kappa shape index (κ2) is 6.78. The number of hydrogen-bond acceptors (Lipinski definition) is 4. The summed E-state index contributed by atoms with van der Waals surface area (Å²) in [7, 11) is 0. The van der Waals surface area contributed by atoms with Crippen LogP contribution in [0.5, 0.6) is 0 Å². The molecule has 1 fully saturated rings. The fourth-order valence-corrected chi connectivity index (χ4v) is 4.39. The summed E-state index contributed by atoms with van der Waals surface area (Å²) < 4.78 is 1.94. The Bertz CT molecular complexity index is 988. The topological polar surface area (TPSA) is 63.1 Å². The predicted octanol–water partition coefficient (Wildman–Crippen LogP) is 3.18. The molecule has 0 radical (unpaired) electrons. The first-order chi connectivity index (χ1) is 13.7. The zero-order chi connectivity index (χ0) is 19.1. The predicted molar refractivity (Wildman–Crippen MR) is 109 cm³/mol. The number of carbonyl (C=O) groups is 1. The molecule has 0 bridgehead atoms. The normalized spacial score (nSPS) is 23.5. The first-order valence-corrected chi connectivity index (χ1v) is 9.77. The van der Waals surface area contributed by atoms with E-state index in [2.05, 4.69) is 34.1 Å². The number of fused-ring (bicyclic) bond motifs is 2. The zero-order valence-corrected chi connectivity index (χ0v) is 15.7. The molecule has 2 aliphatic heterocycles. The van der Waals surface area contributed by atoms with E-state index < -0.39 is 0 Å². The zero-order valence-electron chi connectivity index (χ0n) is 15.7. The van der Waals surface area contributed by atoms with Crippen LogP contribution in [0.3, 0.4) is 0 Å². The van der Waals surface area contributed by atoms with Gasteiger partial charge < -0.3 is 10.2 Å². The van der Waals surface area contributed by atoms with E-state index in [1.54, 1.807) is 18.5 Å². The molecule has 2 atom stereocenters. The molecule has 2 aromatic heterocycles. The molecule has 0 aromatic carbocycles. The van der Waals surface area contributed by atoms with Crippen molar-refractivity contribution in [3.05, 3.63) is 66.3 Å². The fourth-order valence-electron chi connectivity index (χ4n) is 4.39. The number of nitrogens with zero attached hydrogens (tertiary/aromatic N) is 4. The highest BCUT2D eigenvalue weighted by atomic mass is 16.2. The standard InChI is InChI=1S/C22H23N5O/c1-15-3-5-17-9-16(12-23-22(17)25-15)4-6-21(28)26-13-18-10-20(11-19(18)14-26)27-8-2-7-24-27/h2,4,6-10,12,18-19H,1,3,5,11,13-14H2,(H,23,25)/b6-4+. The van der Waals surface area contributed by atoms with Crippen molar-refractivity contribution < 1.29 is 4.79 Å². The van der Waals surface area contributed by atoms with E-state index in [-0.39, 0.29) is 5.91 Å². The van der Waals surface area contributed by atoms with Crippen molar-refractivity contribution in [1.82, 2.24) is 19.7 Å². The molecule has 1 saturated heterocycles. The number of amides is 1. The lowest BCUT2D eigenvalue weighted by atomic mass is 10.0. The van der Waals surface area contributed by atoms with Gasteiger partial charge in [-0.05, 0) is 54.5 Å². The van der Waals surface area contributed by atoms with Crippen LogP contribution >= 0.6 is 0 Å². The summed E-state index contributed by atoms with van der Waals surface area (Å²) >= 11 is 0. The summed E-state index contributed by atoms with van der Waals surface area (Å²) in [5.74, 6) is 1.89. The molecule has 2 unspecified atom stereocenters. The third-order valence-corrected chi connectivity index (χ3v) is 5.88. The van der Waals surface area contributed by atoms with Crippen LogP contribution in [0.2, 0.25) is 0 Å². The summed E-state index contributed by atoms with van der Waals surface area (Å²) in [6, 6.07) is 4.04. The first kappa shape index (κ1) is 17.0. The van der Waals surface area contributed by atoms with Crippen molar-refractivity contribution in [2.75, 3.05) is 18.4 Å². The highest BCUT2D eigenvalue weighted by Gasteiger charge is 2.38. The van der Waals surface area contributed by atoms with Gasteiger partial charge in [0.1, 0.15) is 5.82 Å². The molecule has 6 nitrogen and oxygen atoms in total. The lowest BCUT2D eigenvalue weighted by Crippen LogP contribution is -2.27. The average molecular weight is 373 g/mol. The third-order valence-electron chi connectivity index (χ3n) is 5.88. The average Bonchev–Trinajstić information content (AvgIpc) is 3.41. The van der Waals surface area contributed by atoms with Gasteiger partial charge in [-0.25, -0.2) is 9.67 Å². The number of hydrogen-bond donors (Lipinski definition) is 1. The number of aromatic nitrogens is 3. The summed E-state index contributed by atoms with van der Waals surface area (Å²) in [5, 5.41) is 7.54. The Labute approximate surface area is 164 Å². The van der Waals surface area contributed by atoms with E-state index in [0.717, 1.165) is 49.4 Å². The number of pyridine rings is 1. The monoisotopic (exact) mass is 373 g/mol. The highest BCUT2D eigenvalue weighted by Crippen LogP contribution is 2.38. The minimum atomic E-state index is 0.0765. The van der Waals surface area contributed by atoms with Crippen LogP contribution in [-0.2, 0) is 11.2 Å². The van der Waals surface area contributed by atoms with Gasteiger partial charge in [0.15, 0.2) is 0 Å². The number of likely N-dealkylation sites (tertiary alicyclic amines) is 1. The summed E-state index contributed by atoms with van der Waals surface area (Å²) in [5.41, 5.74) is 4.39. The van der Waals surface area contributed by atoms with E-state index in [1.165, 1.54) is 11.3 Å². The second-order valence-corrected chi connectivity index (χ2v) is 7.82. The Morgan fingerprint density at radius 3 is 3.07 bits per heavy atom. The Kier molecular flexibility index (Phi) is 4.11. The molecule has 28 heavy (non-hydrogen) atoms. The molecule has 1 amide bonds. The van der Waals surface area contributed by atoms with Crippen molar-refractivity contribution in [3.8, 4) is 0 Å². The van der Waals surface area contributed by atoms with Gasteiger partial charge in [0, 0.05) is 55.1 Å². The van der Waals surface area contributed by atoms with Gasteiger partial charge in [0.05, 0.1) is 0 Å². The van der Waals surface area contributed by atoms with Crippen molar-refractivity contribution in [2.24, 2.45) is 11.8 Å². The maximum Gasteiger partial charge on any atom is 0.246 e. The van der Waals surface area contributed by atoms with Crippen LogP contribution < -0.4 is 5.32 Å². The maximum atomic E-state index is 12.6. The molecule has 3 aliphatic rings. The Morgan fingerprint density at radius 1 is 1.32 bits per heavy atom. The van der Waals surface area contributed by atoms with Gasteiger partial charge in [-0.15, -0.1) is 0 Å². The highest BCUT2D eigenvalue weighted by molar-refractivity contribution is 5.92. The lowest BCUT2D eigenvalue weighted by molar-refractivity contribution is -0.125. The molecule has 6 heteroatoms. The van der Waals surface area contributed by atoms with Crippen LogP contribution in [0, 0.1) is 11.8 Å². The lowest BCUT2D eigenvalue weighted by Gasteiger charge is -2.19. The van der Waals surface area contributed by atoms with Crippen molar-refractivity contribution in [1.29, 1.82) is 0 Å². The molecule has 5 rings (SSSR count). The minimum absolute atomic E-state index is 0.0765. The number of carbonyl (C=O) groups excluding carboxylic acids is 1. The van der Waals surface area contributed by atoms with E-state index in [0.29, 0.717) is 11.8 Å². The number of nitrogens with one attached hydrogen (secondary N) is 1. The van der Waals surface area contributed by atoms with Gasteiger partial charge in [-0.3, -0.25) is 4.79 Å². The largest absolute Gasteiger partial charge is 0.344 e. The summed E-state index contributed by atoms with van der Waals surface area (Å²) in [6.45, 7) is 5.55. The van der Waals surface area contributed by atoms with Crippen LogP contribution in [-0.4, -0.2) is 38.7 Å². The molecule has 0 spiro atoms. The van der Waals surface area contributed by atoms with Gasteiger partial charge in [-0.2, -0.15) is 5.10 Å². The molecular formula is C22H23N5O. The molecular weight excluding hydrogens is 350 g/mol. The number of anilines is 1. The molecule has 1 aliphatic carbocycles. The Balaban J connectivity index is 1.23. The first-order valence-electron chi connectivity index (χ1n) is 9.77. The smallest absolute Gasteiger partial charge is 0.246 e. The molecule has 142 valence electrons. The molecule has 4 heterocycles. The van der Waals surface area contributed by atoms with Crippen LogP contribution in [0.25, 0.3) is 11.8 Å². The fraction of sp³-hybridized carbons (Fsp3) is 0.318. The van der Waals surface area contributed by atoms with Crippen LogP contribution in [0.1, 0.15) is 24.0 Å². The van der Waals surface area contributed by atoms with Gasteiger partial charge in [0.25, 0.3) is 0 Å². The van der Waals surface area contributed by atoms with E-state index >= 15 is 0 Å². The molecule has 1 N–H and O–H groups in total. The van der Waals surface area contributed by atoms with Crippen molar-refractivity contribution in [3.63, 3.8) is 0 Å². The number of rotatable bonds is 3. The second-order valence-electron chi connectivity index (χ2n) is 7.82. The summed E-state index contributed by atoms with van der Waals surface area (Å²) in [6.07, 6.45) is 14.3. The van der Waals surface area contributed by atoms with Gasteiger partial charge in [-0.1, -0.05) is 12.7 Å². The third kappa shape index (κ3) is 3.15. The van der Waals surface area contributed by atoms with Gasteiger partial charge in [0.2, 0.25) is 5.91 Å². The van der Waals surface area contributed by atoms with E-state index in [4.69, 9.17) is 0 Å². The quantitative estimate of drug-likeness (QED) is 0.840. The van der Waals surface area contributed by atoms with Crippen molar-refractivity contribution >= 4 is 23.5 Å². The molecule has 2 aromatic rings. The Hall–Kier alpha value is -3.15. The van der Waals surface area contributed by atoms with E-state index in [1.807, 2.05) is 27.9 Å². The van der Waals surface area contributed by atoms with Gasteiger partial charge >= 0.3 is 0 Å². The Morgan fingerprint density at radius 2 is 2.25 bits per heavy atom. The maximum absolute atomic E-state index is 12.6. The molecule has 0 saturated carbocycles. The van der Waals surface area contributed by atoms with E-state index in [9.17, 15) is 4.79 Å².